The summed E-state index contributed by atoms with van der Waals surface area (Å²) in [6.45, 7) is 0. The van der Waals surface area contributed by atoms with Crippen molar-refractivity contribution in [2.45, 2.75) is 12.8 Å². The molecule has 3 aromatic rings. The Morgan fingerprint density at radius 3 is 2.66 bits per heavy atom. The summed E-state index contributed by atoms with van der Waals surface area (Å²) < 4.78 is 3.30. The lowest BCUT2D eigenvalue weighted by molar-refractivity contribution is -0.117. The van der Waals surface area contributed by atoms with E-state index < -0.39 is 0 Å². The lowest BCUT2D eigenvalue weighted by atomic mass is 10.2. The van der Waals surface area contributed by atoms with Gasteiger partial charge in [0.1, 0.15) is 11.4 Å². The number of rotatable bonds is 5. The van der Waals surface area contributed by atoms with E-state index in [0.29, 0.717) is 11.1 Å². The smallest absolute Gasteiger partial charge is 0.261 e. The molecule has 0 saturated heterocycles. The van der Waals surface area contributed by atoms with Crippen LogP contribution in [0.2, 0.25) is 0 Å². The summed E-state index contributed by atoms with van der Waals surface area (Å²) in [5.74, 6) is -0.229. The van der Waals surface area contributed by atoms with Crippen molar-refractivity contribution < 1.29 is 9.59 Å². The largest absolute Gasteiger partial charge is 0.355 e. The van der Waals surface area contributed by atoms with Crippen molar-refractivity contribution in [2.75, 3.05) is 17.7 Å². The van der Waals surface area contributed by atoms with Crippen LogP contribution in [0, 0.1) is 5.92 Å². The minimum Gasteiger partial charge on any atom is -0.355 e. The average molecular weight is 395 g/mol. The van der Waals surface area contributed by atoms with Gasteiger partial charge in [0, 0.05) is 45.7 Å². The van der Waals surface area contributed by atoms with E-state index >= 15 is 0 Å². The highest BCUT2D eigenvalue weighted by Gasteiger charge is 2.30. The van der Waals surface area contributed by atoms with Crippen LogP contribution in [-0.4, -0.2) is 38.0 Å². The molecular weight excluding hydrogens is 374 g/mol. The predicted octanol–water partition coefficient (Wildman–Crippen LogP) is 1.12. The average Bonchev–Trinajstić information content (AvgIpc) is 3.50. The molecule has 1 fully saturated rings. The third-order valence-corrected chi connectivity index (χ3v) is 4.92. The molecule has 150 valence electrons. The Kier molecular flexibility index (Phi) is 4.53. The minimum absolute atomic E-state index is 0.00489. The molecule has 1 aliphatic carbocycles. The summed E-state index contributed by atoms with van der Waals surface area (Å²) in [5.41, 5.74) is 1.27. The molecule has 2 amide bonds. The fraction of sp³-hybridized carbons (Fsp3) is 0.316. The standard InChI is InChI=1S/C19H21N7O3/c1-20-17(28)11-8-21-19(24-16(27)10-4-5-10)23-15(11)22-12-9-26(3)13-6-7-25(2)18(29)14(12)13/h6-10H,4-5H2,1-3H3,(H,20,28)(H2,21,22,23,24,27). The minimum atomic E-state index is -0.388. The van der Waals surface area contributed by atoms with Crippen molar-refractivity contribution in [1.29, 1.82) is 0 Å². The maximum atomic E-state index is 12.7. The Morgan fingerprint density at radius 1 is 1.21 bits per heavy atom. The van der Waals surface area contributed by atoms with Gasteiger partial charge in [-0.1, -0.05) is 0 Å². The molecule has 0 unspecified atom stereocenters. The highest BCUT2D eigenvalue weighted by atomic mass is 16.2. The number of aromatic nitrogens is 4. The van der Waals surface area contributed by atoms with E-state index in [4.69, 9.17) is 0 Å². The number of hydrogen-bond acceptors (Lipinski definition) is 6. The molecule has 1 saturated carbocycles. The molecule has 10 nitrogen and oxygen atoms in total. The van der Waals surface area contributed by atoms with E-state index in [-0.39, 0.29) is 40.6 Å². The van der Waals surface area contributed by atoms with E-state index in [0.717, 1.165) is 18.4 Å². The van der Waals surface area contributed by atoms with Crippen LogP contribution in [0.5, 0.6) is 0 Å². The number of aryl methyl sites for hydroxylation is 2. The Morgan fingerprint density at radius 2 is 1.97 bits per heavy atom. The summed E-state index contributed by atoms with van der Waals surface area (Å²) in [5, 5.41) is 8.77. The number of amides is 2. The Bertz CT molecular complexity index is 1190. The van der Waals surface area contributed by atoms with E-state index in [1.165, 1.54) is 17.8 Å². The van der Waals surface area contributed by atoms with Gasteiger partial charge in [-0.25, -0.2) is 4.98 Å². The van der Waals surface area contributed by atoms with Crippen molar-refractivity contribution in [3.8, 4) is 0 Å². The van der Waals surface area contributed by atoms with Crippen molar-refractivity contribution in [3.05, 3.63) is 40.6 Å². The molecule has 0 atom stereocenters. The second-order valence-corrected chi connectivity index (χ2v) is 7.07. The third kappa shape index (κ3) is 3.44. The molecule has 0 bridgehead atoms. The lowest BCUT2D eigenvalue weighted by Crippen LogP contribution is -2.22. The first kappa shape index (κ1) is 18.7. The fourth-order valence-electron chi connectivity index (χ4n) is 3.11. The zero-order valence-electron chi connectivity index (χ0n) is 16.3. The molecule has 10 heteroatoms. The van der Waals surface area contributed by atoms with Crippen molar-refractivity contribution in [3.63, 3.8) is 0 Å². The summed E-state index contributed by atoms with van der Waals surface area (Å²) in [6.07, 6.45) is 6.50. The van der Waals surface area contributed by atoms with Gasteiger partial charge in [-0.3, -0.25) is 19.7 Å². The SMILES string of the molecule is CNC(=O)c1cnc(NC(=O)C2CC2)nc1Nc1cn(C)c2ccn(C)c(=O)c12. The quantitative estimate of drug-likeness (QED) is 0.595. The van der Waals surface area contributed by atoms with Crippen LogP contribution >= 0.6 is 0 Å². The van der Waals surface area contributed by atoms with Gasteiger partial charge in [0.05, 0.1) is 16.6 Å². The summed E-state index contributed by atoms with van der Waals surface area (Å²) in [6, 6.07) is 1.84. The van der Waals surface area contributed by atoms with E-state index in [1.54, 1.807) is 19.4 Å². The van der Waals surface area contributed by atoms with Gasteiger partial charge in [0.2, 0.25) is 11.9 Å². The number of fused-ring (bicyclic) bond motifs is 1. The van der Waals surface area contributed by atoms with E-state index in [2.05, 4.69) is 25.9 Å². The highest BCUT2D eigenvalue weighted by Crippen LogP contribution is 2.30. The Balaban J connectivity index is 1.77. The van der Waals surface area contributed by atoms with Crippen molar-refractivity contribution in [1.82, 2.24) is 24.4 Å². The molecule has 3 aromatic heterocycles. The topological polar surface area (TPSA) is 123 Å². The van der Waals surface area contributed by atoms with Crippen molar-refractivity contribution >= 4 is 40.2 Å². The molecule has 0 aliphatic heterocycles. The van der Waals surface area contributed by atoms with E-state index in [9.17, 15) is 14.4 Å². The number of hydrogen-bond donors (Lipinski definition) is 3. The van der Waals surface area contributed by atoms with Crippen LogP contribution in [0.4, 0.5) is 17.5 Å². The molecule has 0 aromatic carbocycles. The molecule has 1 aliphatic rings. The second kappa shape index (κ2) is 7.04. The zero-order valence-corrected chi connectivity index (χ0v) is 16.3. The summed E-state index contributed by atoms with van der Waals surface area (Å²) >= 11 is 0. The van der Waals surface area contributed by atoms with Crippen LogP contribution in [0.3, 0.4) is 0 Å². The first-order valence-corrected chi connectivity index (χ1v) is 9.20. The Labute approximate surface area is 166 Å². The fourth-order valence-corrected chi connectivity index (χ4v) is 3.11. The molecule has 29 heavy (non-hydrogen) atoms. The number of anilines is 3. The lowest BCUT2D eigenvalue weighted by Gasteiger charge is -2.11. The van der Waals surface area contributed by atoms with Gasteiger partial charge in [0.15, 0.2) is 0 Å². The van der Waals surface area contributed by atoms with Crippen LogP contribution in [0.1, 0.15) is 23.2 Å². The van der Waals surface area contributed by atoms with Gasteiger partial charge in [0.25, 0.3) is 11.5 Å². The van der Waals surface area contributed by atoms with Crippen LogP contribution in [-0.2, 0) is 18.9 Å². The molecule has 3 N–H and O–H groups in total. The van der Waals surface area contributed by atoms with E-state index in [1.807, 2.05) is 17.7 Å². The first-order valence-electron chi connectivity index (χ1n) is 9.20. The molecule has 4 rings (SSSR count). The van der Waals surface area contributed by atoms with Gasteiger partial charge in [-0.2, -0.15) is 4.98 Å². The van der Waals surface area contributed by atoms with Gasteiger partial charge >= 0.3 is 0 Å². The van der Waals surface area contributed by atoms with Gasteiger partial charge in [-0.05, 0) is 18.9 Å². The number of nitrogens with zero attached hydrogens (tertiary/aromatic N) is 4. The maximum Gasteiger partial charge on any atom is 0.261 e. The number of carbonyl (C=O) groups excluding carboxylic acids is 2. The van der Waals surface area contributed by atoms with Crippen LogP contribution in [0.25, 0.3) is 10.9 Å². The monoisotopic (exact) mass is 395 g/mol. The predicted molar refractivity (Wildman–Crippen MR) is 108 cm³/mol. The normalized spacial score (nSPS) is 13.3. The molecule has 0 radical (unpaired) electrons. The molecule has 3 heterocycles. The zero-order chi connectivity index (χ0) is 20.7. The Hall–Kier alpha value is -3.69. The third-order valence-electron chi connectivity index (χ3n) is 4.92. The van der Waals surface area contributed by atoms with Gasteiger partial charge < -0.3 is 19.8 Å². The number of nitrogens with one attached hydrogen (secondary N) is 3. The second-order valence-electron chi connectivity index (χ2n) is 7.07. The molecular formula is C19H21N7O3. The summed E-state index contributed by atoms with van der Waals surface area (Å²) in [4.78, 5) is 45.4. The van der Waals surface area contributed by atoms with Crippen molar-refractivity contribution in [2.24, 2.45) is 20.0 Å². The van der Waals surface area contributed by atoms with Crippen LogP contribution < -0.4 is 21.5 Å². The number of pyridine rings is 1. The maximum absolute atomic E-state index is 12.7. The highest BCUT2D eigenvalue weighted by molar-refractivity contribution is 6.01. The molecule has 0 spiro atoms. The number of carbonyl (C=O) groups is 2. The first-order chi connectivity index (χ1) is 13.9. The van der Waals surface area contributed by atoms with Crippen LogP contribution in [0.15, 0.2) is 29.5 Å². The van der Waals surface area contributed by atoms with Gasteiger partial charge in [-0.15, -0.1) is 0 Å². The summed E-state index contributed by atoms with van der Waals surface area (Å²) in [7, 11) is 5.00.